The topological polar surface area (TPSA) is 51.0 Å². The van der Waals surface area contributed by atoms with Crippen LogP contribution in [0.15, 0.2) is 6.07 Å². The molecule has 0 unspecified atom stereocenters. The van der Waals surface area contributed by atoms with Crippen molar-refractivity contribution in [3.05, 3.63) is 23.0 Å². The number of H-pyrrole nitrogens is 1. The highest BCUT2D eigenvalue weighted by Gasteiger charge is 2.23. The summed E-state index contributed by atoms with van der Waals surface area (Å²) in [6.07, 6.45) is 0. The van der Waals surface area contributed by atoms with Gasteiger partial charge in [-0.05, 0) is 33.8 Å². The zero-order chi connectivity index (χ0) is 9.35. The average molecular weight is 168 g/mol. The summed E-state index contributed by atoms with van der Waals surface area (Å²) in [5, 5.41) is 0. The van der Waals surface area contributed by atoms with E-state index in [9.17, 15) is 0 Å². The van der Waals surface area contributed by atoms with E-state index < -0.39 is 5.60 Å². The molecular formula is C9H16N2O. The number of hydrogen-bond donors (Lipinski definition) is 2. The Morgan fingerprint density at radius 2 is 2.00 bits per heavy atom. The van der Waals surface area contributed by atoms with Crippen LogP contribution in [0.4, 0.5) is 0 Å². The maximum absolute atomic E-state index is 5.20. The largest absolute Gasteiger partial charge is 0.362 e. The van der Waals surface area contributed by atoms with Gasteiger partial charge in [-0.15, -0.1) is 0 Å². The molecule has 0 amide bonds. The summed E-state index contributed by atoms with van der Waals surface area (Å²) in [7, 11) is 0. The van der Waals surface area contributed by atoms with E-state index in [1.165, 1.54) is 0 Å². The molecule has 68 valence electrons. The van der Waals surface area contributed by atoms with Gasteiger partial charge in [0.2, 0.25) is 0 Å². The second-order valence-corrected chi connectivity index (χ2v) is 3.62. The van der Waals surface area contributed by atoms with Gasteiger partial charge < -0.3 is 4.98 Å². The lowest BCUT2D eigenvalue weighted by Gasteiger charge is -2.21. The van der Waals surface area contributed by atoms with E-state index in [-0.39, 0.29) is 0 Å². The van der Waals surface area contributed by atoms with E-state index in [0.717, 1.165) is 17.0 Å². The third-order valence-corrected chi connectivity index (χ3v) is 2.09. The molecule has 1 heterocycles. The number of aromatic nitrogens is 1. The van der Waals surface area contributed by atoms with E-state index >= 15 is 0 Å². The molecule has 0 aromatic carbocycles. The van der Waals surface area contributed by atoms with Crippen LogP contribution in [0, 0.1) is 13.8 Å². The molecule has 0 saturated carbocycles. The van der Waals surface area contributed by atoms with Gasteiger partial charge in [0.15, 0.2) is 0 Å². The fourth-order valence-electron chi connectivity index (χ4n) is 1.41. The Balaban J connectivity index is 3.09. The predicted molar refractivity (Wildman–Crippen MR) is 48.6 cm³/mol. The minimum Gasteiger partial charge on any atom is -0.362 e. The molecule has 0 bridgehead atoms. The fourth-order valence-corrected chi connectivity index (χ4v) is 1.41. The van der Waals surface area contributed by atoms with E-state index in [1.54, 1.807) is 0 Å². The molecule has 1 aromatic heterocycles. The highest BCUT2D eigenvalue weighted by atomic mass is 16.6. The molecule has 1 rings (SSSR count). The summed E-state index contributed by atoms with van der Waals surface area (Å²) in [6.45, 7) is 7.93. The minimum absolute atomic E-state index is 0.408. The zero-order valence-corrected chi connectivity index (χ0v) is 8.06. The molecule has 0 atom stereocenters. The first kappa shape index (κ1) is 9.29. The summed E-state index contributed by atoms with van der Waals surface area (Å²) in [5.41, 5.74) is 2.95. The summed E-state index contributed by atoms with van der Waals surface area (Å²) in [6, 6.07) is 2.06. The van der Waals surface area contributed by atoms with Gasteiger partial charge in [0.1, 0.15) is 5.60 Å². The lowest BCUT2D eigenvalue weighted by atomic mass is 9.99. The number of aromatic amines is 1. The number of hydrogen-bond acceptors (Lipinski definition) is 2. The summed E-state index contributed by atoms with van der Waals surface area (Å²) >= 11 is 0. The van der Waals surface area contributed by atoms with Crippen LogP contribution in [0.5, 0.6) is 0 Å². The summed E-state index contributed by atoms with van der Waals surface area (Å²) in [5.74, 6) is 5.20. The lowest BCUT2D eigenvalue weighted by molar-refractivity contribution is -0.0239. The molecule has 0 saturated heterocycles. The summed E-state index contributed by atoms with van der Waals surface area (Å²) < 4.78 is 0. The first-order valence-electron chi connectivity index (χ1n) is 4.02. The van der Waals surface area contributed by atoms with E-state index in [0.29, 0.717) is 0 Å². The van der Waals surface area contributed by atoms with Crippen LogP contribution in [0.25, 0.3) is 0 Å². The molecule has 0 aliphatic carbocycles. The van der Waals surface area contributed by atoms with Gasteiger partial charge in [-0.1, -0.05) is 0 Å². The van der Waals surface area contributed by atoms with Crippen molar-refractivity contribution in [1.29, 1.82) is 0 Å². The van der Waals surface area contributed by atoms with Crippen molar-refractivity contribution >= 4 is 0 Å². The Morgan fingerprint density at radius 1 is 1.42 bits per heavy atom. The smallest absolute Gasteiger partial charge is 0.110 e. The normalized spacial score (nSPS) is 12.1. The van der Waals surface area contributed by atoms with E-state index in [1.807, 2.05) is 27.7 Å². The fraction of sp³-hybridized carbons (Fsp3) is 0.556. The van der Waals surface area contributed by atoms with Crippen molar-refractivity contribution in [1.82, 2.24) is 4.98 Å². The number of rotatable bonds is 2. The SMILES string of the molecule is Cc1cc(C(C)(C)ON)c(C)[nH]1. The molecule has 3 N–H and O–H groups in total. The van der Waals surface area contributed by atoms with Gasteiger partial charge in [0.05, 0.1) is 0 Å². The highest BCUT2D eigenvalue weighted by molar-refractivity contribution is 5.29. The molecule has 12 heavy (non-hydrogen) atoms. The zero-order valence-electron chi connectivity index (χ0n) is 8.06. The Hall–Kier alpha value is -0.800. The maximum atomic E-state index is 5.20. The van der Waals surface area contributed by atoms with Crippen molar-refractivity contribution in [3.63, 3.8) is 0 Å². The predicted octanol–water partition coefficient (Wildman–Crippen LogP) is 1.76. The number of aryl methyl sites for hydroxylation is 2. The standard InChI is InChI=1S/C9H16N2O/c1-6-5-8(7(2)11-6)9(3,4)12-10/h5,11H,10H2,1-4H3. The van der Waals surface area contributed by atoms with Crippen LogP contribution in [0.3, 0.4) is 0 Å². The first-order chi connectivity index (χ1) is 5.47. The van der Waals surface area contributed by atoms with Crippen molar-refractivity contribution in [2.45, 2.75) is 33.3 Å². The van der Waals surface area contributed by atoms with Crippen molar-refractivity contribution < 1.29 is 4.84 Å². The molecule has 1 aromatic rings. The molecule has 0 radical (unpaired) electrons. The Labute approximate surface area is 72.9 Å². The second kappa shape index (κ2) is 2.92. The number of nitrogens with two attached hydrogens (primary N) is 1. The maximum Gasteiger partial charge on any atom is 0.110 e. The van der Waals surface area contributed by atoms with Gasteiger partial charge in [-0.2, -0.15) is 0 Å². The van der Waals surface area contributed by atoms with Crippen LogP contribution < -0.4 is 5.90 Å². The molecule has 0 fully saturated rings. The van der Waals surface area contributed by atoms with Crippen LogP contribution in [0.1, 0.15) is 30.8 Å². The second-order valence-electron chi connectivity index (χ2n) is 3.62. The van der Waals surface area contributed by atoms with Gasteiger partial charge in [-0.3, -0.25) is 4.84 Å². The van der Waals surface area contributed by atoms with Crippen molar-refractivity contribution in [2.75, 3.05) is 0 Å². The molecule has 3 heteroatoms. The molecule has 0 spiro atoms. The molecule has 0 aliphatic heterocycles. The Bertz CT molecular complexity index is 276. The molecule has 0 aliphatic rings. The molecule has 3 nitrogen and oxygen atoms in total. The highest BCUT2D eigenvalue weighted by Crippen LogP contribution is 2.26. The van der Waals surface area contributed by atoms with E-state index in [2.05, 4.69) is 11.1 Å². The Kier molecular flexibility index (Phi) is 2.26. The molecular weight excluding hydrogens is 152 g/mol. The third-order valence-electron chi connectivity index (χ3n) is 2.09. The van der Waals surface area contributed by atoms with Crippen LogP contribution in [-0.2, 0) is 10.4 Å². The van der Waals surface area contributed by atoms with Crippen LogP contribution in [0.2, 0.25) is 0 Å². The summed E-state index contributed by atoms with van der Waals surface area (Å²) in [4.78, 5) is 8.11. The quantitative estimate of drug-likeness (QED) is 0.661. The van der Waals surface area contributed by atoms with Crippen molar-refractivity contribution in [3.8, 4) is 0 Å². The van der Waals surface area contributed by atoms with Crippen molar-refractivity contribution in [2.24, 2.45) is 5.90 Å². The van der Waals surface area contributed by atoms with Gasteiger partial charge >= 0.3 is 0 Å². The van der Waals surface area contributed by atoms with E-state index in [4.69, 9.17) is 10.7 Å². The first-order valence-corrected chi connectivity index (χ1v) is 4.02. The van der Waals surface area contributed by atoms with Gasteiger partial charge in [0.25, 0.3) is 0 Å². The van der Waals surface area contributed by atoms with Gasteiger partial charge in [-0.25, -0.2) is 5.90 Å². The van der Waals surface area contributed by atoms with Crippen LogP contribution >= 0.6 is 0 Å². The monoisotopic (exact) mass is 168 g/mol. The number of nitrogens with one attached hydrogen (secondary N) is 1. The Morgan fingerprint density at radius 3 is 2.33 bits per heavy atom. The minimum atomic E-state index is -0.408. The van der Waals surface area contributed by atoms with Crippen LogP contribution in [-0.4, -0.2) is 4.98 Å². The van der Waals surface area contributed by atoms with Gasteiger partial charge in [0, 0.05) is 17.0 Å². The third kappa shape index (κ3) is 1.52. The lowest BCUT2D eigenvalue weighted by Crippen LogP contribution is -2.25. The average Bonchev–Trinajstić information content (AvgIpc) is 2.31.